The van der Waals surface area contributed by atoms with Crippen LogP contribution >= 0.6 is 11.8 Å². The smallest absolute Gasteiger partial charge is 0.338 e. The Kier molecular flexibility index (Phi) is 9.21. The first-order valence-corrected chi connectivity index (χ1v) is 14.0. The molecule has 3 heterocycles. The monoisotopic (exact) mass is 557 g/mol. The molecule has 0 N–H and O–H groups in total. The number of likely N-dealkylation sites (tertiary alicyclic amines) is 1. The minimum absolute atomic E-state index is 0.0451. The van der Waals surface area contributed by atoms with Crippen LogP contribution in [0.15, 0.2) is 45.6 Å². The summed E-state index contributed by atoms with van der Waals surface area (Å²) in [6.07, 6.45) is 1.29. The first kappa shape index (κ1) is 28.5. The number of hydrogen-bond donors (Lipinski definition) is 0. The van der Waals surface area contributed by atoms with Crippen LogP contribution in [0.25, 0.3) is 0 Å². The van der Waals surface area contributed by atoms with Gasteiger partial charge in [0.05, 0.1) is 57.1 Å². The van der Waals surface area contributed by atoms with E-state index >= 15 is 0 Å². The number of fused-ring (bicyclic) bond motifs is 1. The van der Waals surface area contributed by atoms with Crippen molar-refractivity contribution in [3.63, 3.8) is 0 Å². The van der Waals surface area contributed by atoms with Gasteiger partial charge in [-0.15, -0.1) is 0 Å². The lowest BCUT2D eigenvalue weighted by Gasteiger charge is -2.37. The van der Waals surface area contributed by atoms with Crippen LogP contribution in [-0.2, 0) is 23.9 Å². The lowest BCUT2D eigenvalue weighted by atomic mass is 9.93. The molecule has 1 fully saturated rings. The summed E-state index contributed by atoms with van der Waals surface area (Å²) in [7, 11) is 3.14. The van der Waals surface area contributed by atoms with Crippen LogP contribution in [0.5, 0.6) is 11.5 Å². The number of esters is 2. The number of amidine groups is 1. The fraction of sp³-hybridized carbons (Fsp3) is 0.500. The SMILES string of the molecule is CCOC(=O)C1=C(C)N=C2SC=C(CC(=O)N3CCC(C(=O)OCC)CC3)N2C1c1cc(OC)cc(OC)c1. The molecular weight excluding hydrogens is 522 g/mol. The Bertz CT molecular complexity index is 1200. The molecule has 1 saturated heterocycles. The topological polar surface area (TPSA) is 107 Å². The second-order valence-electron chi connectivity index (χ2n) is 9.34. The summed E-state index contributed by atoms with van der Waals surface area (Å²) >= 11 is 1.42. The van der Waals surface area contributed by atoms with Crippen molar-refractivity contribution in [2.75, 3.05) is 40.5 Å². The van der Waals surface area contributed by atoms with Gasteiger partial charge in [-0.1, -0.05) is 11.8 Å². The molecule has 0 radical (unpaired) electrons. The molecule has 0 bridgehead atoms. The molecule has 4 rings (SSSR count). The van der Waals surface area contributed by atoms with E-state index in [1.54, 1.807) is 46.0 Å². The number of allylic oxidation sites excluding steroid dienone is 1. The van der Waals surface area contributed by atoms with Crippen molar-refractivity contribution in [1.82, 2.24) is 9.80 Å². The number of amides is 1. The predicted molar refractivity (Wildman–Crippen MR) is 147 cm³/mol. The van der Waals surface area contributed by atoms with E-state index < -0.39 is 12.0 Å². The number of carbonyl (C=O) groups excluding carboxylic acids is 3. The predicted octanol–water partition coefficient (Wildman–Crippen LogP) is 4.03. The van der Waals surface area contributed by atoms with Crippen LogP contribution in [0.1, 0.15) is 51.6 Å². The molecular formula is C28H35N3O7S. The van der Waals surface area contributed by atoms with Gasteiger partial charge in [-0.3, -0.25) is 9.59 Å². The molecule has 1 unspecified atom stereocenters. The van der Waals surface area contributed by atoms with E-state index in [0.29, 0.717) is 60.5 Å². The Morgan fingerprint density at radius 3 is 2.23 bits per heavy atom. The number of benzene rings is 1. The second kappa shape index (κ2) is 12.6. The largest absolute Gasteiger partial charge is 0.497 e. The summed E-state index contributed by atoms with van der Waals surface area (Å²) in [5.74, 6) is 0.270. The Labute approximate surface area is 233 Å². The second-order valence-corrected chi connectivity index (χ2v) is 10.2. The van der Waals surface area contributed by atoms with E-state index in [1.807, 2.05) is 22.4 Å². The summed E-state index contributed by atoms with van der Waals surface area (Å²) in [4.78, 5) is 47.2. The van der Waals surface area contributed by atoms with Gasteiger partial charge in [-0.25, -0.2) is 9.79 Å². The van der Waals surface area contributed by atoms with Gasteiger partial charge >= 0.3 is 11.9 Å². The zero-order valence-corrected chi connectivity index (χ0v) is 23.8. The lowest BCUT2D eigenvalue weighted by molar-refractivity contribution is -0.151. The Hall–Kier alpha value is -3.47. The molecule has 0 saturated carbocycles. The number of rotatable bonds is 9. The van der Waals surface area contributed by atoms with E-state index in [1.165, 1.54) is 11.8 Å². The fourth-order valence-electron chi connectivity index (χ4n) is 5.03. The first-order valence-electron chi connectivity index (χ1n) is 13.1. The van der Waals surface area contributed by atoms with Crippen LogP contribution in [-0.4, -0.2) is 73.3 Å². The van der Waals surface area contributed by atoms with Gasteiger partial charge in [0, 0.05) is 24.9 Å². The quantitative estimate of drug-likeness (QED) is 0.416. The van der Waals surface area contributed by atoms with Crippen molar-refractivity contribution in [3.05, 3.63) is 46.1 Å². The van der Waals surface area contributed by atoms with Crippen molar-refractivity contribution in [1.29, 1.82) is 0 Å². The minimum atomic E-state index is -0.593. The highest BCUT2D eigenvalue weighted by Crippen LogP contribution is 2.46. The summed E-state index contributed by atoms with van der Waals surface area (Å²) in [6, 6.07) is 4.88. The zero-order valence-electron chi connectivity index (χ0n) is 23.0. The van der Waals surface area contributed by atoms with Gasteiger partial charge in [-0.2, -0.15) is 0 Å². The van der Waals surface area contributed by atoms with E-state index in [-0.39, 0.29) is 30.8 Å². The molecule has 1 aromatic rings. The highest BCUT2D eigenvalue weighted by molar-refractivity contribution is 8.16. The van der Waals surface area contributed by atoms with Gasteiger partial charge in [0.15, 0.2) is 5.17 Å². The number of aliphatic imine (C=N–C) groups is 1. The molecule has 3 aliphatic heterocycles. The standard InChI is InChI=1S/C28H35N3O7S/c1-6-37-26(33)18-8-10-30(11-9-18)23(32)14-20-16-39-28-29-17(3)24(27(34)38-7-2)25(31(20)28)19-12-21(35-4)15-22(13-19)36-5/h12-13,15-16,18,25H,6-11,14H2,1-5H3. The molecule has 0 aliphatic carbocycles. The van der Waals surface area contributed by atoms with Crippen LogP contribution in [0, 0.1) is 5.92 Å². The molecule has 3 aliphatic rings. The highest BCUT2D eigenvalue weighted by atomic mass is 32.2. The fourth-order valence-corrected chi connectivity index (χ4v) is 6.00. The number of ether oxygens (including phenoxy) is 4. The van der Waals surface area contributed by atoms with E-state index in [2.05, 4.69) is 0 Å². The summed E-state index contributed by atoms with van der Waals surface area (Å²) in [6.45, 7) is 6.90. The normalized spacial score (nSPS) is 19.3. The van der Waals surface area contributed by atoms with Crippen LogP contribution < -0.4 is 9.47 Å². The van der Waals surface area contributed by atoms with Crippen molar-refractivity contribution in [2.24, 2.45) is 10.9 Å². The summed E-state index contributed by atoms with van der Waals surface area (Å²) in [5, 5.41) is 2.59. The third-order valence-electron chi connectivity index (χ3n) is 6.99. The maximum atomic E-state index is 13.4. The molecule has 11 heteroatoms. The molecule has 39 heavy (non-hydrogen) atoms. The zero-order chi connectivity index (χ0) is 28.1. The van der Waals surface area contributed by atoms with Crippen LogP contribution in [0.4, 0.5) is 0 Å². The molecule has 1 amide bonds. The molecule has 0 spiro atoms. The van der Waals surface area contributed by atoms with Gasteiger partial charge < -0.3 is 28.7 Å². The van der Waals surface area contributed by atoms with Crippen molar-refractivity contribution in [2.45, 2.75) is 46.1 Å². The van der Waals surface area contributed by atoms with E-state index in [4.69, 9.17) is 23.9 Å². The lowest BCUT2D eigenvalue weighted by Crippen LogP contribution is -2.42. The van der Waals surface area contributed by atoms with Crippen LogP contribution in [0.3, 0.4) is 0 Å². The summed E-state index contributed by atoms with van der Waals surface area (Å²) in [5.41, 5.74) is 2.43. The number of hydrogen-bond acceptors (Lipinski definition) is 10. The Morgan fingerprint density at radius 2 is 1.64 bits per heavy atom. The van der Waals surface area contributed by atoms with E-state index in [0.717, 1.165) is 11.3 Å². The Morgan fingerprint density at radius 1 is 1.00 bits per heavy atom. The van der Waals surface area contributed by atoms with Crippen molar-refractivity contribution >= 4 is 34.8 Å². The molecule has 0 aromatic heterocycles. The highest BCUT2D eigenvalue weighted by Gasteiger charge is 2.42. The molecule has 1 aromatic carbocycles. The number of methoxy groups -OCH3 is 2. The number of carbonyl (C=O) groups is 3. The van der Waals surface area contributed by atoms with Crippen molar-refractivity contribution < 1.29 is 33.3 Å². The first-order chi connectivity index (χ1) is 18.8. The van der Waals surface area contributed by atoms with Gasteiger partial charge in [0.2, 0.25) is 5.91 Å². The van der Waals surface area contributed by atoms with Crippen molar-refractivity contribution in [3.8, 4) is 11.5 Å². The van der Waals surface area contributed by atoms with Gasteiger partial charge in [0.1, 0.15) is 11.5 Å². The van der Waals surface area contributed by atoms with E-state index in [9.17, 15) is 14.4 Å². The number of piperidine rings is 1. The summed E-state index contributed by atoms with van der Waals surface area (Å²) < 4.78 is 21.6. The van der Waals surface area contributed by atoms with Crippen LogP contribution in [0.2, 0.25) is 0 Å². The maximum absolute atomic E-state index is 13.4. The van der Waals surface area contributed by atoms with Gasteiger partial charge in [0.25, 0.3) is 0 Å². The minimum Gasteiger partial charge on any atom is -0.497 e. The Balaban J connectivity index is 1.62. The molecule has 10 nitrogen and oxygen atoms in total. The number of thioether (sulfide) groups is 1. The molecule has 210 valence electrons. The average Bonchev–Trinajstić information content (AvgIpc) is 3.33. The third-order valence-corrected chi connectivity index (χ3v) is 7.87. The molecule has 1 atom stereocenters. The van der Waals surface area contributed by atoms with Gasteiger partial charge in [-0.05, 0) is 56.7 Å². The number of nitrogens with zero attached hydrogens (tertiary/aromatic N) is 3. The average molecular weight is 558 g/mol. The maximum Gasteiger partial charge on any atom is 0.338 e. The third kappa shape index (κ3) is 6.08.